The van der Waals surface area contributed by atoms with Crippen molar-refractivity contribution in [2.75, 3.05) is 0 Å². The van der Waals surface area contributed by atoms with E-state index in [0.29, 0.717) is 16.3 Å². The van der Waals surface area contributed by atoms with Crippen molar-refractivity contribution < 1.29 is 14.6 Å². The molecule has 0 bridgehead atoms. The number of nitriles is 1. The normalized spacial score (nSPS) is 9.85. The highest BCUT2D eigenvalue weighted by molar-refractivity contribution is 6.31. The Morgan fingerprint density at radius 3 is 2.80 bits per heavy atom. The maximum absolute atomic E-state index is 11.1. The van der Waals surface area contributed by atoms with E-state index in [1.807, 2.05) is 6.07 Å². The first kappa shape index (κ1) is 13.8. The molecule has 0 aliphatic rings. The molecule has 0 saturated heterocycles. The third-order valence-electron chi connectivity index (χ3n) is 2.45. The molecule has 0 atom stereocenters. The van der Waals surface area contributed by atoms with Crippen molar-refractivity contribution in [2.45, 2.75) is 6.92 Å². The van der Waals surface area contributed by atoms with Gasteiger partial charge in [-0.2, -0.15) is 5.26 Å². The van der Waals surface area contributed by atoms with Gasteiger partial charge in [0.25, 0.3) is 0 Å². The minimum atomic E-state index is -1.16. The predicted molar refractivity (Wildman–Crippen MR) is 72.2 cm³/mol. The van der Waals surface area contributed by atoms with Gasteiger partial charge in [-0.15, -0.1) is 0 Å². The van der Waals surface area contributed by atoms with Gasteiger partial charge in [0.05, 0.1) is 11.6 Å². The maximum atomic E-state index is 11.1. The summed E-state index contributed by atoms with van der Waals surface area (Å²) in [5.74, 6) is -0.883. The van der Waals surface area contributed by atoms with Crippen LogP contribution >= 0.6 is 11.6 Å². The van der Waals surface area contributed by atoms with E-state index in [1.54, 1.807) is 13.0 Å². The number of pyridine rings is 1. The van der Waals surface area contributed by atoms with Gasteiger partial charge in [-0.05, 0) is 31.2 Å². The van der Waals surface area contributed by atoms with Gasteiger partial charge >= 0.3 is 5.97 Å². The second-order valence-corrected chi connectivity index (χ2v) is 4.43. The molecule has 6 heteroatoms. The van der Waals surface area contributed by atoms with E-state index in [-0.39, 0.29) is 17.2 Å². The highest BCUT2D eigenvalue weighted by atomic mass is 35.5. The fourth-order valence-corrected chi connectivity index (χ4v) is 1.80. The zero-order valence-electron chi connectivity index (χ0n) is 10.4. The standard InChI is InChI=1S/C14H9ClN2O3/c1-8-4-9(7-16)5-13(17-8)20-12-3-2-10(15)6-11(12)14(18)19/h2-6H,1H3,(H,18,19). The van der Waals surface area contributed by atoms with Crippen LogP contribution in [0.25, 0.3) is 0 Å². The lowest BCUT2D eigenvalue weighted by molar-refractivity contribution is 0.0694. The second-order valence-electron chi connectivity index (χ2n) is 3.99. The Labute approximate surface area is 120 Å². The van der Waals surface area contributed by atoms with Gasteiger partial charge in [0.1, 0.15) is 11.3 Å². The molecule has 0 aliphatic heterocycles. The summed E-state index contributed by atoms with van der Waals surface area (Å²) < 4.78 is 5.45. The van der Waals surface area contributed by atoms with Crippen molar-refractivity contribution in [2.24, 2.45) is 0 Å². The van der Waals surface area contributed by atoms with Crippen LogP contribution in [0, 0.1) is 18.3 Å². The van der Waals surface area contributed by atoms with Crippen LogP contribution in [0.2, 0.25) is 5.02 Å². The van der Waals surface area contributed by atoms with E-state index in [1.165, 1.54) is 24.3 Å². The minimum Gasteiger partial charge on any atom is -0.478 e. The van der Waals surface area contributed by atoms with Gasteiger partial charge in [0, 0.05) is 16.8 Å². The van der Waals surface area contributed by atoms with Crippen LogP contribution in [-0.2, 0) is 0 Å². The van der Waals surface area contributed by atoms with Crippen molar-refractivity contribution in [1.29, 1.82) is 5.26 Å². The molecule has 0 aliphatic carbocycles. The predicted octanol–water partition coefficient (Wildman–Crippen LogP) is 3.41. The molecular weight excluding hydrogens is 280 g/mol. The van der Waals surface area contributed by atoms with E-state index < -0.39 is 5.97 Å². The van der Waals surface area contributed by atoms with E-state index >= 15 is 0 Å². The number of ether oxygens (including phenoxy) is 1. The number of aryl methyl sites for hydroxylation is 1. The Kier molecular flexibility index (Phi) is 3.87. The highest BCUT2D eigenvalue weighted by Gasteiger charge is 2.13. The number of carboxylic acid groups (broad SMARTS) is 1. The zero-order chi connectivity index (χ0) is 14.7. The number of hydrogen-bond acceptors (Lipinski definition) is 4. The van der Waals surface area contributed by atoms with Crippen LogP contribution in [0.3, 0.4) is 0 Å². The topological polar surface area (TPSA) is 83.2 Å². The Bertz CT molecular complexity index is 723. The van der Waals surface area contributed by atoms with Gasteiger partial charge in [0.15, 0.2) is 0 Å². The number of nitrogens with zero attached hydrogens (tertiary/aromatic N) is 2. The van der Waals surface area contributed by atoms with E-state index in [4.69, 9.17) is 26.7 Å². The Morgan fingerprint density at radius 2 is 2.15 bits per heavy atom. The SMILES string of the molecule is Cc1cc(C#N)cc(Oc2ccc(Cl)cc2C(=O)O)n1. The summed E-state index contributed by atoms with van der Waals surface area (Å²) in [6, 6.07) is 9.28. The monoisotopic (exact) mass is 288 g/mol. The average molecular weight is 289 g/mol. The Balaban J connectivity index is 2.42. The van der Waals surface area contributed by atoms with E-state index in [9.17, 15) is 4.79 Å². The van der Waals surface area contributed by atoms with Gasteiger partial charge in [-0.1, -0.05) is 11.6 Å². The maximum Gasteiger partial charge on any atom is 0.339 e. The number of carbonyl (C=O) groups is 1. The van der Waals surface area contributed by atoms with Crippen LogP contribution in [0.5, 0.6) is 11.6 Å². The molecule has 2 rings (SSSR count). The fourth-order valence-electron chi connectivity index (χ4n) is 1.63. The molecule has 20 heavy (non-hydrogen) atoms. The van der Waals surface area contributed by atoms with E-state index in [2.05, 4.69) is 4.98 Å². The molecule has 1 N–H and O–H groups in total. The lowest BCUT2D eigenvalue weighted by atomic mass is 10.2. The molecule has 1 aromatic carbocycles. The number of halogens is 1. The summed E-state index contributed by atoms with van der Waals surface area (Å²) in [6.45, 7) is 1.72. The summed E-state index contributed by atoms with van der Waals surface area (Å²) in [4.78, 5) is 15.2. The molecular formula is C14H9ClN2O3. The molecule has 5 nitrogen and oxygen atoms in total. The second kappa shape index (κ2) is 5.59. The lowest BCUT2D eigenvalue weighted by Gasteiger charge is -2.09. The first-order valence-corrected chi connectivity index (χ1v) is 5.97. The Morgan fingerprint density at radius 1 is 1.40 bits per heavy atom. The number of rotatable bonds is 3. The number of benzene rings is 1. The van der Waals surface area contributed by atoms with Crippen molar-refractivity contribution in [3.05, 3.63) is 52.2 Å². The third kappa shape index (κ3) is 3.05. The summed E-state index contributed by atoms with van der Waals surface area (Å²) in [5.41, 5.74) is 0.919. The Hall–Kier alpha value is -2.58. The minimum absolute atomic E-state index is 0.0701. The fraction of sp³-hybridized carbons (Fsp3) is 0.0714. The van der Waals surface area contributed by atoms with Gasteiger partial charge in [-0.3, -0.25) is 0 Å². The van der Waals surface area contributed by atoms with Crippen molar-refractivity contribution in [1.82, 2.24) is 4.98 Å². The number of aromatic nitrogens is 1. The largest absolute Gasteiger partial charge is 0.478 e. The number of aromatic carboxylic acids is 1. The van der Waals surface area contributed by atoms with Crippen LogP contribution < -0.4 is 4.74 Å². The number of carboxylic acids is 1. The van der Waals surface area contributed by atoms with Gasteiger partial charge in [0.2, 0.25) is 5.88 Å². The van der Waals surface area contributed by atoms with Crippen molar-refractivity contribution in [3.63, 3.8) is 0 Å². The summed E-state index contributed by atoms with van der Waals surface area (Å²) in [7, 11) is 0. The van der Waals surface area contributed by atoms with Crippen molar-refractivity contribution >= 4 is 17.6 Å². The molecule has 1 aromatic heterocycles. The summed E-state index contributed by atoms with van der Waals surface area (Å²) >= 11 is 5.76. The molecule has 100 valence electrons. The summed E-state index contributed by atoms with van der Waals surface area (Å²) in [5, 5.41) is 18.3. The van der Waals surface area contributed by atoms with Crippen LogP contribution in [0.4, 0.5) is 0 Å². The summed E-state index contributed by atoms with van der Waals surface area (Å²) in [6.07, 6.45) is 0. The van der Waals surface area contributed by atoms with Gasteiger partial charge < -0.3 is 9.84 Å². The molecule has 0 spiro atoms. The zero-order valence-corrected chi connectivity index (χ0v) is 11.2. The molecule has 2 aromatic rings. The first-order valence-electron chi connectivity index (χ1n) is 5.59. The lowest BCUT2D eigenvalue weighted by Crippen LogP contribution is -2.01. The van der Waals surface area contributed by atoms with Crippen molar-refractivity contribution in [3.8, 4) is 17.7 Å². The molecule has 0 unspecified atom stereocenters. The molecule has 0 fully saturated rings. The van der Waals surface area contributed by atoms with Crippen LogP contribution in [-0.4, -0.2) is 16.1 Å². The molecule has 1 heterocycles. The highest BCUT2D eigenvalue weighted by Crippen LogP contribution is 2.27. The number of hydrogen-bond donors (Lipinski definition) is 1. The smallest absolute Gasteiger partial charge is 0.339 e. The first-order chi connectivity index (χ1) is 9.49. The van der Waals surface area contributed by atoms with E-state index in [0.717, 1.165) is 0 Å². The quantitative estimate of drug-likeness (QED) is 0.935. The van der Waals surface area contributed by atoms with Crippen LogP contribution in [0.1, 0.15) is 21.6 Å². The van der Waals surface area contributed by atoms with Crippen LogP contribution in [0.15, 0.2) is 30.3 Å². The average Bonchev–Trinajstić information content (AvgIpc) is 2.40. The molecule has 0 radical (unpaired) electrons. The molecule has 0 saturated carbocycles. The molecule has 0 amide bonds. The van der Waals surface area contributed by atoms with Gasteiger partial charge in [-0.25, -0.2) is 9.78 Å². The third-order valence-corrected chi connectivity index (χ3v) is 2.68.